The molecule has 7 heteroatoms. The molecule has 1 aliphatic carbocycles. The molecular weight excluding hydrogens is 382 g/mol. The molecule has 4 heterocycles. The largest absolute Gasteiger partial charge is 0.354 e. The Labute approximate surface area is 174 Å². The van der Waals surface area contributed by atoms with E-state index < -0.39 is 0 Å². The predicted molar refractivity (Wildman–Crippen MR) is 118 cm³/mol. The molecule has 3 aromatic rings. The molecule has 5 rings (SSSR count). The number of thiophene rings is 1. The number of fused-ring (bicyclic) bond motifs is 3. The summed E-state index contributed by atoms with van der Waals surface area (Å²) in [4.78, 5) is 32.4. The van der Waals surface area contributed by atoms with Crippen molar-refractivity contribution in [2.75, 3.05) is 31.1 Å². The van der Waals surface area contributed by atoms with E-state index in [9.17, 15) is 4.79 Å². The summed E-state index contributed by atoms with van der Waals surface area (Å²) in [5, 5.41) is 0.841. The van der Waals surface area contributed by atoms with Crippen LogP contribution in [0.25, 0.3) is 10.2 Å². The molecule has 0 unspecified atom stereocenters. The topological polar surface area (TPSA) is 65.1 Å². The molecule has 1 aliphatic heterocycles. The third kappa shape index (κ3) is 3.46. The van der Waals surface area contributed by atoms with E-state index in [0.29, 0.717) is 5.92 Å². The van der Waals surface area contributed by atoms with Crippen LogP contribution in [0.2, 0.25) is 0 Å². The maximum absolute atomic E-state index is 12.9. The zero-order valence-corrected chi connectivity index (χ0v) is 17.8. The van der Waals surface area contributed by atoms with Gasteiger partial charge in [-0.25, -0.2) is 9.97 Å². The first kappa shape index (κ1) is 18.8. The molecule has 0 amide bonds. The molecule has 0 aromatic carbocycles. The number of rotatable bonds is 3. The van der Waals surface area contributed by atoms with Crippen molar-refractivity contribution >= 4 is 27.4 Å². The van der Waals surface area contributed by atoms with Crippen LogP contribution < -0.4 is 10.5 Å². The van der Waals surface area contributed by atoms with Gasteiger partial charge in [-0.15, -0.1) is 11.3 Å². The van der Waals surface area contributed by atoms with Gasteiger partial charge >= 0.3 is 0 Å². The number of nitrogens with one attached hydrogen (secondary N) is 1. The Morgan fingerprint density at radius 3 is 2.83 bits per heavy atom. The van der Waals surface area contributed by atoms with E-state index in [1.165, 1.54) is 10.4 Å². The Morgan fingerprint density at radius 1 is 1.24 bits per heavy atom. The van der Waals surface area contributed by atoms with E-state index in [4.69, 9.17) is 4.98 Å². The van der Waals surface area contributed by atoms with Crippen LogP contribution in [0.15, 0.2) is 29.2 Å². The lowest BCUT2D eigenvalue weighted by molar-refractivity contribution is 0.191. The highest BCUT2D eigenvalue weighted by atomic mass is 32.1. The van der Waals surface area contributed by atoms with Crippen LogP contribution in [0.5, 0.6) is 0 Å². The van der Waals surface area contributed by atoms with Crippen molar-refractivity contribution in [3.63, 3.8) is 0 Å². The van der Waals surface area contributed by atoms with Gasteiger partial charge in [0, 0.05) is 37.3 Å². The molecule has 1 fully saturated rings. The number of nitrogens with zero attached hydrogens (tertiary/aromatic N) is 4. The molecule has 0 saturated carbocycles. The lowest BCUT2D eigenvalue weighted by atomic mass is 9.89. The predicted octanol–water partition coefficient (Wildman–Crippen LogP) is 3.39. The van der Waals surface area contributed by atoms with Crippen LogP contribution in [0.3, 0.4) is 0 Å². The van der Waals surface area contributed by atoms with Crippen molar-refractivity contribution in [1.29, 1.82) is 0 Å². The van der Waals surface area contributed by atoms with Gasteiger partial charge in [0.1, 0.15) is 16.5 Å². The fraction of sp³-hybridized carbons (Fsp3) is 0.500. The van der Waals surface area contributed by atoms with Crippen molar-refractivity contribution in [2.24, 2.45) is 5.92 Å². The number of aromatic nitrogens is 3. The second-order valence-corrected chi connectivity index (χ2v) is 9.45. The Hall–Kier alpha value is -2.25. The number of aromatic amines is 1. The zero-order valence-electron chi connectivity index (χ0n) is 17.0. The van der Waals surface area contributed by atoms with Crippen LogP contribution in [-0.4, -0.2) is 46.0 Å². The molecule has 0 bridgehead atoms. The Balaban J connectivity index is 1.36. The average Bonchev–Trinajstić information content (AvgIpc) is 3.11. The smallest absolute Gasteiger partial charge is 0.259 e. The number of anilines is 1. The minimum absolute atomic E-state index is 0.0380. The normalized spacial score (nSPS) is 21.3. The first-order chi connectivity index (χ1) is 14.1. The SMILES string of the molecule is C[C@H]1CCc2c(sc3nc([C@H](C)N4CCN(c5ccccn5)CC4)[nH]c(=O)c23)C1. The minimum atomic E-state index is 0.0380. The number of hydrogen-bond donors (Lipinski definition) is 1. The summed E-state index contributed by atoms with van der Waals surface area (Å²) in [5.41, 5.74) is 1.29. The second kappa shape index (κ2) is 7.54. The molecule has 2 atom stereocenters. The Bertz CT molecular complexity index is 1070. The molecule has 1 N–H and O–H groups in total. The molecule has 0 spiro atoms. The fourth-order valence-electron chi connectivity index (χ4n) is 4.62. The summed E-state index contributed by atoms with van der Waals surface area (Å²) < 4.78 is 0. The van der Waals surface area contributed by atoms with Crippen LogP contribution in [0, 0.1) is 5.92 Å². The minimum Gasteiger partial charge on any atom is -0.354 e. The van der Waals surface area contributed by atoms with Gasteiger partial charge in [-0.2, -0.15) is 0 Å². The molecule has 29 heavy (non-hydrogen) atoms. The van der Waals surface area contributed by atoms with Crippen molar-refractivity contribution < 1.29 is 0 Å². The highest BCUT2D eigenvalue weighted by Crippen LogP contribution is 2.36. The molecule has 152 valence electrons. The van der Waals surface area contributed by atoms with E-state index in [1.54, 1.807) is 11.3 Å². The van der Waals surface area contributed by atoms with Gasteiger partial charge in [-0.05, 0) is 49.8 Å². The summed E-state index contributed by atoms with van der Waals surface area (Å²) in [7, 11) is 0. The van der Waals surface area contributed by atoms with E-state index in [2.05, 4.69) is 39.7 Å². The lowest BCUT2D eigenvalue weighted by Gasteiger charge is -2.38. The average molecular weight is 410 g/mol. The lowest BCUT2D eigenvalue weighted by Crippen LogP contribution is -2.47. The van der Waals surface area contributed by atoms with Crippen LogP contribution in [0.4, 0.5) is 5.82 Å². The molecule has 3 aromatic heterocycles. The van der Waals surface area contributed by atoms with E-state index in [1.807, 2.05) is 18.3 Å². The van der Waals surface area contributed by atoms with Gasteiger partial charge < -0.3 is 9.88 Å². The maximum atomic E-state index is 12.9. The van der Waals surface area contributed by atoms with Crippen molar-refractivity contribution in [1.82, 2.24) is 19.9 Å². The van der Waals surface area contributed by atoms with Crippen LogP contribution in [0.1, 0.15) is 42.6 Å². The van der Waals surface area contributed by atoms with E-state index in [0.717, 1.165) is 67.3 Å². The van der Waals surface area contributed by atoms with Gasteiger partial charge in [0.15, 0.2) is 0 Å². The van der Waals surface area contributed by atoms with Crippen LogP contribution >= 0.6 is 11.3 Å². The number of aryl methyl sites for hydroxylation is 1. The summed E-state index contributed by atoms with van der Waals surface area (Å²) in [6.07, 6.45) is 5.09. The summed E-state index contributed by atoms with van der Waals surface area (Å²) in [6.45, 7) is 8.16. The molecule has 2 aliphatic rings. The number of H-pyrrole nitrogens is 1. The maximum Gasteiger partial charge on any atom is 0.259 e. The second-order valence-electron chi connectivity index (χ2n) is 8.37. The van der Waals surface area contributed by atoms with Gasteiger partial charge in [0.2, 0.25) is 0 Å². The summed E-state index contributed by atoms with van der Waals surface area (Å²) in [5.74, 6) is 2.52. The number of pyridine rings is 1. The summed E-state index contributed by atoms with van der Waals surface area (Å²) in [6, 6.07) is 6.13. The molecule has 6 nitrogen and oxygen atoms in total. The summed E-state index contributed by atoms with van der Waals surface area (Å²) >= 11 is 1.73. The van der Waals surface area contributed by atoms with Gasteiger partial charge in [0.25, 0.3) is 5.56 Å². The Morgan fingerprint density at radius 2 is 2.07 bits per heavy atom. The third-order valence-corrected chi connectivity index (χ3v) is 7.56. The quantitative estimate of drug-likeness (QED) is 0.718. The van der Waals surface area contributed by atoms with E-state index in [-0.39, 0.29) is 11.6 Å². The molecule has 0 radical (unpaired) electrons. The Kier molecular flexibility index (Phi) is 4.87. The first-order valence-corrected chi connectivity index (χ1v) is 11.4. The number of piperazine rings is 1. The van der Waals surface area contributed by atoms with E-state index >= 15 is 0 Å². The van der Waals surface area contributed by atoms with Gasteiger partial charge in [-0.3, -0.25) is 9.69 Å². The van der Waals surface area contributed by atoms with Crippen molar-refractivity contribution in [3.8, 4) is 0 Å². The highest BCUT2D eigenvalue weighted by molar-refractivity contribution is 7.18. The third-order valence-electron chi connectivity index (χ3n) is 6.41. The zero-order chi connectivity index (χ0) is 20.0. The van der Waals surface area contributed by atoms with Crippen molar-refractivity contribution in [2.45, 2.75) is 39.2 Å². The fourth-order valence-corrected chi connectivity index (χ4v) is 6.01. The standard InChI is InChI=1S/C22H27N5OS/c1-14-6-7-16-17(13-14)29-22-19(16)21(28)24-20(25-22)15(2)26-9-11-27(12-10-26)18-5-3-4-8-23-18/h3-5,8,14-15H,6-7,9-13H2,1-2H3,(H,24,25,28)/t14-,15-/m0/s1. The van der Waals surface area contributed by atoms with Gasteiger partial charge in [-0.1, -0.05) is 13.0 Å². The monoisotopic (exact) mass is 409 g/mol. The van der Waals surface area contributed by atoms with Crippen LogP contribution in [-0.2, 0) is 12.8 Å². The number of hydrogen-bond acceptors (Lipinski definition) is 6. The molecular formula is C22H27N5OS. The molecule has 1 saturated heterocycles. The highest BCUT2D eigenvalue weighted by Gasteiger charge is 2.27. The van der Waals surface area contributed by atoms with Gasteiger partial charge in [0.05, 0.1) is 11.4 Å². The van der Waals surface area contributed by atoms with Crippen molar-refractivity contribution in [3.05, 3.63) is 51.0 Å². The first-order valence-electron chi connectivity index (χ1n) is 10.5.